The molecule has 0 aromatic heterocycles. The first kappa shape index (κ1) is 4.94. The quantitative estimate of drug-likeness (QED) is 0.236. The molecule has 0 unspecified atom stereocenters. The Kier molecular flexibility index (Phi) is 0.951. The van der Waals surface area contributed by atoms with Crippen molar-refractivity contribution in [1.82, 2.24) is 0 Å². The molecule has 0 radical (unpaired) electrons. The first-order chi connectivity index (χ1) is 2.00. The van der Waals surface area contributed by atoms with E-state index in [4.69, 9.17) is 9.59 Å². The maximum absolute atomic E-state index is 10.8. The Morgan fingerprint density at radius 1 is 1.60 bits per heavy atom. The lowest BCUT2D eigenvalue weighted by molar-refractivity contribution is 0.308. The van der Waals surface area contributed by atoms with E-state index in [9.17, 15) is 4.11 Å². The van der Waals surface area contributed by atoms with Crippen molar-refractivity contribution in [2.75, 3.05) is 0 Å². The van der Waals surface area contributed by atoms with Crippen molar-refractivity contribution in [3.63, 3.8) is 0 Å². The fraction of sp³-hybridized carbons (Fsp3) is 0. The minimum absolute atomic E-state index is 2.35. The molecule has 0 fully saturated rings. The molecular weight excluding hydrogens is 91.1 g/mol. The lowest BCUT2D eigenvalue weighted by Gasteiger charge is -1.96. The van der Waals surface area contributed by atoms with Gasteiger partial charge in [0.15, 0.2) is 0 Å². The summed E-state index contributed by atoms with van der Waals surface area (Å²) >= 11 is 0. The second-order valence-corrected chi connectivity index (χ2v) is 2.16. The monoisotopic (exact) mass is 95.0 g/mol. The second-order valence-electron chi connectivity index (χ2n) is 0.719. The van der Waals surface area contributed by atoms with Crippen molar-refractivity contribution >= 4 is 8.89 Å². The summed E-state index contributed by atoms with van der Waals surface area (Å²) in [4.78, 5) is 14.9. The lowest BCUT2D eigenvalue weighted by Crippen LogP contribution is -2.22. The van der Waals surface area contributed by atoms with Gasteiger partial charge in [-0.25, -0.2) is 0 Å². The predicted octanol–water partition coefficient (Wildman–Crippen LogP) is -0.747. The molecule has 0 aromatic carbocycles. The van der Waals surface area contributed by atoms with E-state index in [1.807, 2.05) is 0 Å². The van der Waals surface area contributed by atoms with Gasteiger partial charge in [-0.1, -0.05) is 0 Å². The van der Waals surface area contributed by atoms with Gasteiger partial charge in [-0.05, 0) is 6.55 Å². The zero-order chi connectivity index (χ0) is 4.50. The molecule has 0 heterocycles. The van der Waals surface area contributed by atoms with Gasteiger partial charge in [-0.2, -0.15) is 0 Å². The van der Waals surface area contributed by atoms with Crippen LogP contribution in [0.3, 0.4) is 0 Å². The molecule has 0 aromatic rings. The number of rotatable bonds is 0. The number of halogens is 1. The average molecular weight is 95.1 g/mol. The van der Waals surface area contributed by atoms with E-state index in [-0.39, 0.29) is 0 Å². The SMILES string of the molecule is [CH2+][Si-](O)(O)F. The molecular formula is CH4FO2Si. The van der Waals surface area contributed by atoms with Crippen molar-refractivity contribution in [1.29, 1.82) is 0 Å². The van der Waals surface area contributed by atoms with Gasteiger partial charge in [0, 0.05) is 0 Å². The van der Waals surface area contributed by atoms with Gasteiger partial charge in [0.1, 0.15) is 0 Å². The highest BCUT2D eigenvalue weighted by molar-refractivity contribution is 6.58. The highest BCUT2D eigenvalue weighted by Gasteiger charge is 2.16. The van der Waals surface area contributed by atoms with E-state index in [2.05, 4.69) is 6.55 Å². The second kappa shape index (κ2) is 0.963. The van der Waals surface area contributed by atoms with Gasteiger partial charge in [0.25, 0.3) is 0 Å². The normalized spacial score (nSPS) is 11.8. The highest BCUT2D eigenvalue weighted by Crippen LogP contribution is 1.84. The Bertz CT molecular complexity index is 25.1. The summed E-state index contributed by atoms with van der Waals surface area (Å²) in [6.45, 7) is 2.35. The third-order valence-corrected chi connectivity index (χ3v) is 0. The van der Waals surface area contributed by atoms with Crippen molar-refractivity contribution < 1.29 is 13.7 Å². The first-order valence-electron chi connectivity index (χ1n) is 0.990. The molecule has 2 nitrogen and oxygen atoms in total. The minimum atomic E-state index is -4.36. The van der Waals surface area contributed by atoms with E-state index in [1.54, 1.807) is 0 Å². The van der Waals surface area contributed by atoms with E-state index in [0.29, 0.717) is 0 Å². The van der Waals surface area contributed by atoms with E-state index < -0.39 is 8.89 Å². The summed E-state index contributed by atoms with van der Waals surface area (Å²) in [5.74, 6) is 0. The van der Waals surface area contributed by atoms with Crippen LogP contribution in [-0.2, 0) is 0 Å². The first-order valence-corrected chi connectivity index (χ1v) is 2.97. The van der Waals surface area contributed by atoms with Crippen molar-refractivity contribution in [3.8, 4) is 0 Å². The number of hydrogen-bond acceptors (Lipinski definition) is 2. The summed E-state index contributed by atoms with van der Waals surface area (Å²) in [6, 6.07) is 0. The van der Waals surface area contributed by atoms with Crippen LogP contribution < -0.4 is 0 Å². The largest absolute Gasteiger partial charge is 0.556 e. The smallest absolute Gasteiger partial charge is 0.499 e. The Labute approximate surface area is 30.3 Å². The van der Waals surface area contributed by atoms with Crippen molar-refractivity contribution in [3.05, 3.63) is 6.55 Å². The molecule has 0 amide bonds. The summed E-state index contributed by atoms with van der Waals surface area (Å²) in [5, 5.41) is 0. The van der Waals surface area contributed by atoms with Crippen LogP contribution in [0.15, 0.2) is 0 Å². The van der Waals surface area contributed by atoms with Crippen LogP contribution in [0, 0.1) is 6.55 Å². The van der Waals surface area contributed by atoms with Crippen LogP contribution >= 0.6 is 0 Å². The zero-order valence-electron chi connectivity index (χ0n) is 2.48. The molecule has 0 aliphatic heterocycles. The lowest BCUT2D eigenvalue weighted by atomic mass is 11.9. The molecule has 5 heavy (non-hydrogen) atoms. The van der Waals surface area contributed by atoms with Crippen LogP contribution in [0.2, 0.25) is 0 Å². The average Bonchev–Trinajstić information content (AvgIpc) is 0.722. The molecule has 0 atom stereocenters. The third-order valence-electron chi connectivity index (χ3n) is 0. The molecule has 0 spiro atoms. The van der Waals surface area contributed by atoms with Gasteiger partial charge >= 0.3 is 8.89 Å². The van der Waals surface area contributed by atoms with Crippen LogP contribution in [0.4, 0.5) is 4.11 Å². The van der Waals surface area contributed by atoms with Gasteiger partial charge < -0.3 is 13.7 Å². The Balaban J connectivity index is 3.02. The highest BCUT2D eigenvalue weighted by atomic mass is 28.4. The molecule has 2 N–H and O–H groups in total. The third kappa shape index (κ3) is 3710. The molecule has 4 heteroatoms. The molecule has 0 saturated heterocycles. The summed E-state index contributed by atoms with van der Waals surface area (Å²) in [6.07, 6.45) is 0. The van der Waals surface area contributed by atoms with Crippen molar-refractivity contribution in [2.45, 2.75) is 0 Å². The summed E-state index contributed by atoms with van der Waals surface area (Å²) in [5.41, 5.74) is 0. The van der Waals surface area contributed by atoms with E-state index >= 15 is 0 Å². The van der Waals surface area contributed by atoms with Crippen LogP contribution in [0.1, 0.15) is 0 Å². The Morgan fingerprint density at radius 3 is 1.60 bits per heavy atom. The summed E-state index contributed by atoms with van der Waals surface area (Å²) < 4.78 is 10.8. The summed E-state index contributed by atoms with van der Waals surface area (Å²) in [7, 11) is -4.36. The zero-order valence-corrected chi connectivity index (χ0v) is 3.48. The maximum atomic E-state index is 10.8. The van der Waals surface area contributed by atoms with Crippen LogP contribution in [0.5, 0.6) is 0 Å². The molecule has 0 aliphatic rings. The maximum Gasteiger partial charge on any atom is 0.556 e. The molecule has 0 bridgehead atoms. The number of hydrogen-bond donors (Lipinski definition) is 2. The fourth-order valence-corrected chi connectivity index (χ4v) is 0. The van der Waals surface area contributed by atoms with Crippen LogP contribution in [0.25, 0.3) is 0 Å². The molecule has 0 saturated carbocycles. The predicted molar refractivity (Wildman–Crippen MR) is 16.7 cm³/mol. The standard InChI is InChI=1S/CH4FO2Si/c1-5(2,3)4/h3-4H,1H2. The topological polar surface area (TPSA) is 40.5 Å². The molecule has 0 rings (SSSR count). The van der Waals surface area contributed by atoms with Crippen molar-refractivity contribution in [2.24, 2.45) is 0 Å². The minimum Gasteiger partial charge on any atom is -0.499 e. The van der Waals surface area contributed by atoms with E-state index in [1.165, 1.54) is 0 Å². The Morgan fingerprint density at radius 2 is 1.60 bits per heavy atom. The van der Waals surface area contributed by atoms with Gasteiger partial charge in [0.2, 0.25) is 0 Å². The van der Waals surface area contributed by atoms with E-state index in [0.717, 1.165) is 0 Å². The van der Waals surface area contributed by atoms with Gasteiger partial charge in [-0.15, -0.1) is 0 Å². The van der Waals surface area contributed by atoms with Crippen LogP contribution in [-0.4, -0.2) is 18.5 Å². The molecule has 0 aliphatic carbocycles. The van der Waals surface area contributed by atoms with Gasteiger partial charge in [0.05, 0.1) is 0 Å². The fourth-order valence-electron chi connectivity index (χ4n) is 0. The van der Waals surface area contributed by atoms with Gasteiger partial charge in [-0.3, -0.25) is 0 Å². The molecule has 31 valence electrons. The Hall–Kier alpha value is -0.0631.